The third-order valence-corrected chi connectivity index (χ3v) is 2.79. The maximum absolute atomic E-state index is 11.6. The highest BCUT2D eigenvalue weighted by atomic mass is 16.3. The average Bonchev–Trinajstić information content (AvgIpc) is 2.69. The summed E-state index contributed by atoms with van der Waals surface area (Å²) in [6.45, 7) is 6.27. The summed E-state index contributed by atoms with van der Waals surface area (Å²) < 4.78 is 5.34. The maximum Gasteiger partial charge on any atom is 0.237 e. The number of amides is 1. The van der Waals surface area contributed by atoms with E-state index in [1.54, 1.807) is 0 Å². The monoisotopic (exact) mass is 224 g/mol. The van der Waals surface area contributed by atoms with E-state index < -0.39 is 6.04 Å². The first-order valence-electron chi connectivity index (χ1n) is 5.63. The molecule has 90 valence electrons. The molecule has 0 saturated heterocycles. The normalized spacial score (nSPS) is 14.5. The fraction of sp³-hybridized carbons (Fsp3) is 0.583. The molecule has 1 heterocycles. The van der Waals surface area contributed by atoms with Crippen molar-refractivity contribution in [1.29, 1.82) is 0 Å². The largest absolute Gasteiger partial charge is 0.465 e. The zero-order chi connectivity index (χ0) is 12.1. The van der Waals surface area contributed by atoms with Crippen LogP contribution in [-0.4, -0.2) is 11.9 Å². The van der Waals surface area contributed by atoms with Crippen LogP contribution in [0.25, 0.3) is 0 Å². The molecule has 0 fully saturated rings. The molecule has 4 heteroatoms. The Hall–Kier alpha value is -1.29. The summed E-state index contributed by atoms with van der Waals surface area (Å²) in [5.41, 5.74) is 5.80. The standard InChI is InChI=1S/C12H20N2O2/c1-4-8(2)11(13)12(15)14-7-10-6-5-9(3)16-10/h5-6,8,11H,4,7,13H2,1-3H3,(H,14,15)/t8-,11-/m0/s1. The molecular formula is C12H20N2O2. The number of hydrogen-bond acceptors (Lipinski definition) is 3. The summed E-state index contributed by atoms with van der Waals surface area (Å²) in [4.78, 5) is 11.6. The van der Waals surface area contributed by atoms with Gasteiger partial charge in [0.2, 0.25) is 5.91 Å². The number of nitrogens with one attached hydrogen (secondary N) is 1. The zero-order valence-electron chi connectivity index (χ0n) is 10.1. The quantitative estimate of drug-likeness (QED) is 0.797. The Kier molecular flexibility index (Phi) is 4.55. The first kappa shape index (κ1) is 12.8. The van der Waals surface area contributed by atoms with Crippen molar-refractivity contribution in [1.82, 2.24) is 5.32 Å². The second kappa shape index (κ2) is 5.70. The smallest absolute Gasteiger partial charge is 0.237 e. The van der Waals surface area contributed by atoms with Crippen molar-refractivity contribution in [2.75, 3.05) is 0 Å². The number of furan rings is 1. The van der Waals surface area contributed by atoms with Gasteiger partial charge in [0.1, 0.15) is 11.5 Å². The minimum absolute atomic E-state index is 0.122. The lowest BCUT2D eigenvalue weighted by Gasteiger charge is -2.17. The number of nitrogens with two attached hydrogens (primary N) is 1. The molecular weight excluding hydrogens is 204 g/mol. The topological polar surface area (TPSA) is 68.3 Å². The van der Waals surface area contributed by atoms with Gasteiger partial charge in [-0.2, -0.15) is 0 Å². The Balaban J connectivity index is 2.40. The Labute approximate surface area is 96.2 Å². The van der Waals surface area contributed by atoms with Crippen molar-refractivity contribution in [2.24, 2.45) is 11.7 Å². The van der Waals surface area contributed by atoms with Crippen LogP contribution in [0, 0.1) is 12.8 Å². The van der Waals surface area contributed by atoms with Gasteiger partial charge in [0.25, 0.3) is 0 Å². The molecule has 0 bridgehead atoms. The lowest BCUT2D eigenvalue weighted by molar-refractivity contribution is -0.123. The number of hydrogen-bond donors (Lipinski definition) is 2. The molecule has 0 saturated carbocycles. The van der Waals surface area contributed by atoms with E-state index in [0.29, 0.717) is 6.54 Å². The van der Waals surface area contributed by atoms with Crippen molar-refractivity contribution in [3.63, 3.8) is 0 Å². The van der Waals surface area contributed by atoms with E-state index >= 15 is 0 Å². The average molecular weight is 224 g/mol. The van der Waals surface area contributed by atoms with Gasteiger partial charge in [-0.25, -0.2) is 0 Å². The van der Waals surface area contributed by atoms with E-state index in [0.717, 1.165) is 17.9 Å². The van der Waals surface area contributed by atoms with E-state index in [9.17, 15) is 4.79 Å². The third-order valence-electron chi connectivity index (χ3n) is 2.79. The van der Waals surface area contributed by atoms with Crippen LogP contribution in [0.15, 0.2) is 16.5 Å². The highest BCUT2D eigenvalue weighted by Gasteiger charge is 2.19. The van der Waals surface area contributed by atoms with Crippen molar-refractivity contribution in [2.45, 2.75) is 39.8 Å². The van der Waals surface area contributed by atoms with Gasteiger partial charge in [-0.1, -0.05) is 20.3 Å². The van der Waals surface area contributed by atoms with Gasteiger partial charge in [0.05, 0.1) is 12.6 Å². The Morgan fingerprint density at radius 3 is 2.75 bits per heavy atom. The Morgan fingerprint density at radius 1 is 1.56 bits per heavy atom. The molecule has 4 nitrogen and oxygen atoms in total. The van der Waals surface area contributed by atoms with Gasteiger partial charge in [-0.05, 0) is 25.0 Å². The van der Waals surface area contributed by atoms with Gasteiger partial charge >= 0.3 is 0 Å². The number of carbonyl (C=O) groups excluding carboxylic acids is 1. The van der Waals surface area contributed by atoms with E-state index in [1.165, 1.54) is 0 Å². The predicted octanol–water partition coefficient (Wildman–Crippen LogP) is 1.58. The van der Waals surface area contributed by atoms with Gasteiger partial charge in [0, 0.05) is 0 Å². The summed E-state index contributed by atoms with van der Waals surface area (Å²) in [7, 11) is 0. The van der Waals surface area contributed by atoms with Crippen molar-refractivity contribution >= 4 is 5.91 Å². The lowest BCUT2D eigenvalue weighted by Crippen LogP contribution is -2.44. The molecule has 0 unspecified atom stereocenters. The number of rotatable bonds is 5. The summed E-state index contributed by atoms with van der Waals surface area (Å²) in [5.74, 6) is 1.67. The van der Waals surface area contributed by atoms with E-state index in [2.05, 4.69) is 5.32 Å². The fourth-order valence-corrected chi connectivity index (χ4v) is 1.38. The molecule has 2 atom stereocenters. The van der Waals surface area contributed by atoms with Crippen LogP contribution >= 0.6 is 0 Å². The Bertz CT molecular complexity index is 347. The number of aryl methyl sites for hydroxylation is 1. The van der Waals surface area contributed by atoms with Crippen LogP contribution in [0.3, 0.4) is 0 Å². The van der Waals surface area contributed by atoms with Crippen LogP contribution in [0.5, 0.6) is 0 Å². The highest BCUT2D eigenvalue weighted by molar-refractivity contribution is 5.81. The highest BCUT2D eigenvalue weighted by Crippen LogP contribution is 2.07. The lowest BCUT2D eigenvalue weighted by atomic mass is 9.99. The summed E-state index contributed by atoms with van der Waals surface area (Å²) >= 11 is 0. The first-order valence-corrected chi connectivity index (χ1v) is 5.63. The summed E-state index contributed by atoms with van der Waals surface area (Å²) in [5, 5.41) is 2.77. The summed E-state index contributed by atoms with van der Waals surface area (Å²) in [6.07, 6.45) is 0.897. The zero-order valence-corrected chi connectivity index (χ0v) is 10.1. The second-order valence-corrected chi connectivity index (χ2v) is 4.14. The molecule has 0 spiro atoms. The molecule has 3 N–H and O–H groups in total. The van der Waals surface area contributed by atoms with Crippen LogP contribution in [0.1, 0.15) is 31.8 Å². The molecule has 0 aromatic carbocycles. The molecule has 1 aromatic heterocycles. The minimum atomic E-state index is -0.443. The van der Waals surface area contributed by atoms with E-state index in [4.69, 9.17) is 10.2 Å². The van der Waals surface area contributed by atoms with E-state index in [-0.39, 0.29) is 11.8 Å². The fourth-order valence-electron chi connectivity index (χ4n) is 1.38. The van der Waals surface area contributed by atoms with Gasteiger partial charge in [0.15, 0.2) is 0 Å². The van der Waals surface area contributed by atoms with Crippen molar-refractivity contribution in [3.8, 4) is 0 Å². The molecule has 0 radical (unpaired) electrons. The molecule has 1 amide bonds. The molecule has 1 rings (SSSR count). The van der Waals surface area contributed by atoms with Gasteiger partial charge in [-0.15, -0.1) is 0 Å². The number of carbonyl (C=O) groups is 1. The second-order valence-electron chi connectivity index (χ2n) is 4.14. The van der Waals surface area contributed by atoms with Crippen LogP contribution in [-0.2, 0) is 11.3 Å². The third kappa shape index (κ3) is 3.38. The minimum Gasteiger partial charge on any atom is -0.465 e. The van der Waals surface area contributed by atoms with Crippen molar-refractivity contribution < 1.29 is 9.21 Å². The molecule has 16 heavy (non-hydrogen) atoms. The van der Waals surface area contributed by atoms with Crippen LogP contribution in [0.4, 0.5) is 0 Å². The molecule has 0 aliphatic heterocycles. The van der Waals surface area contributed by atoms with Gasteiger partial charge in [-0.3, -0.25) is 4.79 Å². The van der Waals surface area contributed by atoms with Crippen LogP contribution in [0.2, 0.25) is 0 Å². The Morgan fingerprint density at radius 2 is 2.25 bits per heavy atom. The van der Waals surface area contributed by atoms with Crippen molar-refractivity contribution in [3.05, 3.63) is 23.7 Å². The first-order chi connectivity index (χ1) is 7.54. The maximum atomic E-state index is 11.6. The van der Waals surface area contributed by atoms with Crippen LogP contribution < -0.4 is 11.1 Å². The molecule has 0 aliphatic rings. The van der Waals surface area contributed by atoms with Gasteiger partial charge < -0.3 is 15.5 Å². The SMILES string of the molecule is CC[C@H](C)[C@H](N)C(=O)NCc1ccc(C)o1. The molecule has 1 aromatic rings. The predicted molar refractivity (Wildman–Crippen MR) is 62.7 cm³/mol. The molecule has 0 aliphatic carbocycles. The van der Waals surface area contributed by atoms with E-state index in [1.807, 2.05) is 32.9 Å². The summed E-state index contributed by atoms with van der Waals surface area (Å²) in [6, 6.07) is 3.28.